The second-order valence-corrected chi connectivity index (χ2v) is 5.31. The highest BCUT2D eigenvalue weighted by molar-refractivity contribution is 4.76. The van der Waals surface area contributed by atoms with Gasteiger partial charge in [0, 0.05) is 6.61 Å². The van der Waals surface area contributed by atoms with Crippen LogP contribution in [0.5, 0.6) is 0 Å². The zero-order chi connectivity index (χ0) is 11.3. The molecular weight excluding hydrogens is 188 g/mol. The fraction of sp³-hybridized carbons (Fsp3) is 1.00. The Hall–Kier alpha value is -0.0800. The van der Waals surface area contributed by atoms with Gasteiger partial charge in [0.2, 0.25) is 0 Å². The van der Waals surface area contributed by atoms with Gasteiger partial charge in [-0.1, -0.05) is 19.8 Å². The van der Waals surface area contributed by atoms with Gasteiger partial charge < -0.3 is 9.84 Å². The van der Waals surface area contributed by atoms with E-state index in [4.69, 9.17) is 4.74 Å². The van der Waals surface area contributed by atoms with Gasteiger partial charge in [-0.3, -0.25) is 0 Å². The summed E-state index contributed by atoms with van der Waals surface area (Å²) in [7, 11) is 0. The van der Waals surface area contributed by atoms with Gasteiger partial charge in [0.1, 0.15) is 0 Å². The topological polar surface area (TPSA) is 29.5 Å². The molecule has 0 aromatic carbocycles. The number of hydrogen-bond acceptors (Lipinski definition) is 2. The van der Waals surface area contributed by atoms with Gasteiger partial charge in [0.15, 0.2) is 0 Å². The molecule has 0 bridgehead atoms. The van der Waals surface area contributed by atoms with E-state index in [9.17, 15) is 5.11 Å². The van der Waals surface area contributed by atoms with Crippen molar-refractivity contribution in [2.45, 2.75) is 65.1 Å². The van der Waals surface area contributed by atoms with Gasteiger partial charge in [-0.2, -0.15) is 0 Å². The second-order valence-electron chi connectivity index (χ2n) is 5.31. The Labute approximate surface area is 94.0 Å². The van der Waals surface area contributed by atoms with Crippen LogP contribution in [0.2, 0.25) is 0 Å². The fourth-order valence-corrected chi connectivity index (χ4v) is 2.49. The third-order valence-electron chi connectivity index (χ3n) is 3.39. The van der Waals surface area contributed by atoms with Crippen LogP contribution in [0, 0.1) is 11.8 Å². The van der Waals surface area contributed by atoms with Crippen molar-refractivity contribution < 1.29 is 9.84 Å². The number of hydrogen-bond donors (Lipinski definition) is 1. The van der Waals surface area contributed by atoms with Crippen molar-refractivity contribution in [3.8, 4) is 0 Å². The van der Waals surface area contributed by atoms with E-state index in [0.29, 0.717) is 12.5 Å². The molecule has 0 saturated heterocycles. The van der Waals surface area contributed by atoms with E-state index < -0.39 is 0 Å². The maximum absolute atomic E-state index is 10.0. The molecule has 3 atom stereocenters. The zero-order valence-electron chi connectivity index (χ0n) is 10.4. The lowest BCUT2D eigenvalue weighted by molar-refractivity contribution is 0.0146. The van der Waals surface area contributed by atoms with Gasteiger partial charge >= 0.3 is 0 Å². The molecule has 0 radical (unpaired) electrons. The van der Waals surface area contributed by atoms with Crippen molar-refractivity contribution in [1.29, 1.82) is 0 Å². The first-order valence-electron chi connectivity index (χ1n) is 6.39. The normalized spacial score (nSPS) is 29.4. The molecule has 15 heavy (non-hydrogen) atoms. The van der Waals surface area contributed by atoms with E-state index >= 15 is 0 Å². The monoisotopic (exact) mass is 214 g/mol. The minimum absolute atomic E-state index is 0.147. The Morgan fingerprint density at radius 2 is 2.07 bits per heavy atom. The molecule has 90 valence electrons. The van der Waals surface area contributed by atoms with Crippen LogP contribution in [0.4, 0.5) is 0 Å². The van der Waals surface area contributed by atoms with Gasteiger partial charge in [0.05, 0.1) is 12.2 Å². The summed E-state index contributed by atoms with van der Waals surface area (Å²) in [6, 6.07) is 0. The average molecular weight is 214 g/mol. The van der Waals surface area contributed by atoms with Crippen LogP contribution in [-0.2, 0) is 4.74 Å². The van der Waals surface area contributed by atoms with Crippen LogP contribution in [0.3, 0.4) is 0 Å². The van der Waals surface area contributed by atoms with Crippen LogP contribution < -0.4 is 0 Å². The minimum Gasteiger partial charge on any atom is -0.393 e. The molecule has 1 fully saturated rings. The van der Waals surface area contributed by atoms with E-state index in [-0.39, 0.29) is 12.2 Å². The molecule has 0 aliphatic heterocycles. The highest BCUT2D eigenvalue weighted by atomic mass is 16.5. The van der Waals surface area contributed by atoms with Crippen LogP contribution >= 0.6 is 0 Å². The van der Waals surface area contributed by atoms with Crippen molar-refractivity contribution in [3.63, 3.8) is 0 Å². The summed E-state index contributed by atoms with van der Waals surface area (Å²) in [4.78, 5) is 0. The van der Waals surface area contributed by atoms with Crippen LogP contribution in [-0.4, -0.2) is 23.9 Å². The summed E-state index contributed by atoms with van der Waals surface area (Å²) < 4.78 is 5.47. The maximum atomic E-state index is 10.0. The summed E-state index contributed by atoms with van der Waals surface area (Å²) in [6.45, 7) is 7.07. The smallest absolute Gasteiger partial charge is 0.0590 e. The molecule has 1 aliphatic carbocycles. The molecule has 0 aromatic rings. The van der Waals surface area contributed by atoms with Crippen LogP contribution in [0.15, 0.2) is 0 Å². The van der Waals surface area contributed by atoms with Gasteiger partial charge in [-0.25, -0.2) is 0 Å². The lowest BCUT2D eigenvalue weighted by atomic mass is 9.79. The third-order valence-corrected chi connectivity index (χ3v) is 3.39. The summed E-state index contributed by atoms with van der Waals surface area (Å²) in [5, 5.41) is 10.0. The molecule has 1 N–H and O–H groups in total. The molecule has 1 rings (SSSR count). The first kappa shape index (κ1) is 13.0. The van der Waals surface area contributed by atoms with Crippen molar-refractivity contribution in [2.75, 3.05) is 6.61 Å². The first-order valence-corrected chi connectivity index (χ1v) is 6.39. The largest absolute Gasteiger partial charge is 0.393 e. The Bertz CT molecular complexity index is 168. The Balaban J connectivity index is 2.17. The predicted octanol–water partition coefficient (Wildman–Crippen LogP) is 2.99. The minimum atomic E-state index is -0.147. The Kier molecular flexibility index (Phi) is 5.62. The lowest BCUT2D eigenvalue weighted by Crippen LogP contribution is -2.27. The predicted molar refractivity (Wildman–Crippen MR) is 62.8 cm³/mol. The lowest BCUT2D eigenvalue weighted by Gasteiger charge is -2.30. The Morgan fingerprint density at radius 1 is 1.33 bits per heavy atom. The zero-order valence-corrected chi connectivity index (χ0v) is 10.4. The number of ether oxygens (including phenoxy) is 1. The summed E-state index contributed by atoms with van der Waals surface area (Å²) in [5.41, 5.74) is 0. The first-order chi connectivity index (χ1) is 7.09. The molecule has 0 spiro atoms. The van der Waals surface area contributed by atoms with Crippen molar-refractivity contribution in [3.05, 3.63) is 0 Å². The molecule has 1 aliphatic rings. The maximum Gasteiger partial charge on any atom is 0.0590 e. The molecule has 0 aromatic heterocycles. The van der Waals surface area contributed by atoms with E-state index in [1.54, 1.807) is 0 Å². The molecule has 3 unspecified atom stereocenters. The average Bonchev–Trinajstić information content (AvgIpc) is 2.17. The van der Waals surface area contributed by atoms with Crippen molar-refractivity contribution in [1.82, 2.24) is 0 Å². The highest BCUT2D eigenvalue weighted by Crippen LogP contribution is 2.31. The van der Waals surface area contributed by atoms with Crippen molar-refractivity contribution >= 4 is 0 Å². The SMILES string of the molecule is CC1CCCC(C(O)CCOC(C)C)C1. The van der Waals surface area contributed by atoms with Gasteiger partial charge in [-0.15, -0.1) is 0 Å². The second kappa shape index (κ2) is 6.49. The van der Waals surface area contributed by atoms with Gasteiger partial charge in [-0.05, 0) is 44.9 Å². The number of aliphatic hydroxyl groups is 1. The molecule has 0 heterocycles. The van der Waals surface area contributed by atoms with E-state index in [1.807, 2.05) is 13.8 Å². The molecule has 1 saturated carbocycles. The number of aliphatic hydroxyl groups excluding tert-OH is 1. The third kappa shape index (κ3) is 4.98. The molecule has 2 nitrogen and oxygen atoms in total. The van der Waals surface area contributed by atoms with E-state index in [2.05, 4.69) is 6.92 Å². The summed E-state index contributed by atoms with van der Waals surface area (Å²) in [5.74, 6) is 1.31. The van der Waals surface area contributed by atoms with Crippen LogP contribution in [0.25, 0.3) is 0 Å². The highest BCUT2D eigenvalue weighted by Gasteiger charge is 2.24. The van der Waals surface area contributed by atoms with Crippen molar-refractivity contribution in [2.24, 2.45) is 11.8 Å². The molecule has 2 heteroatoms. The Morgan fingerprint density at radius 3 is 2.67 bits per heavy atom. The number of rotatable bonds is 5. The quantitative estimate of drug-likeness (QED) is 0.762. The molecule has 0 amide bonds. The summed E-state index contributed by atoms with van der Waals surface area (Å²) in [6.07, 6.45) is 5.96. The van der Waals surface area contributed by atoms with Crippen LogP contribution in [0.1, 0.15) is 52.9 Å². The summed E-state index contributed by atoms with van der Waals surface area (Å²) >= 11 is 0. The van der Waals surface area contributed by atoms with E-state index in [0.717, 1.165) is 12.3 Å². The fourth-order valence-electron chi connectivity index (χ4n) is 2.49. The van der Waals surface area contributed by atoms with E-state index in [1.165, 1.54) is 25.7 Å². The standard InChI is InChI=1S/C13H26O2/c1-10(2)15-8-7-13(14)12-6-4-5-11(3)9-12/h10-14H,4-9H2,1-3H3. The molecular formula is C13H26O2. The van der Waals surface area contributed by atoms with Gasteiger partial charge in [0.25, 0.3) is 0 Å².